The van der Waals surface area contributed by atoms with Gasteiger partial charge in [-0.15, -0.1) is 0 Å². The van der Waals surface area contributed by atoms with Crippen molar-refractivity contribution in [1.82, 2.24) is 15.5 Å². The fraction of sp³-hybridized carbons (Fsp3) is 0.250. The molecule has 0 radical (unpaired) electrons. The normalized spacial score (nSPS) is 12.6. The van der Waals surface area contributed by atoms with Crippen LogP contribution in [0.25, 0.3) is 0 Å². The summed E-state index contributed by atoms with van der Waals surface area (Å²) >= 11 is 5.84. The molecule has 0 aliphatic rings. The number of nitrogens with zero attached hydrogens (tertiary/aromatic N) is 1. The molecule has 0 saturated heterocycles. The van der Waals surface area contributed by atoms with E-state index in [1.54, 1.807) is 6.20 Å². The fourth-order valence-electron chi connectivity index (χ4n) is 1.52. The summed E-state index contributed by atoms with van der Waals surface area (Å²) < 4.78 is 0. The molecule has 4 heteroatoms. The molecule has 1 aromatic carbocycles. The number of nitrogens with one attached hydrogen (secondary N) is 2. The van der Waals surface area contributed by atoms with E-state index < -0.39 is 0 Å². The van der Waals surface area contributed by atoms with E-state index in [1.165, 1.54) is 5.56 Å². The Hall–Kier alpha value is -1.32. The molecule has 1 heterocycles. The lowest BCUT2D eigenvalue weighted by molar-refractivity contribution is 0.567. The lowest BCUT2D eigenvalue weighted by atomic mass is 10.1. The summed E-state index contributed by atoms with van der Waals surface area (Å²) in [6, 6.07) is 10.1. The summed E-state index contributed by atoms with van der Waals surface area (Å²) in [5.41, 5.74) is 2.31. The molecule has 0 spiro atoms. The van der Waals surface area contributed by atoms with Crippen molar-refractivity contribution in [2.45, 2.75) is 19.5 Å². The zero-order chi connectivity index (χ0) is 11.4. The Kier molecular flexibility index (Phi) is 3.59. The highest BCUT2D eigenvalue weighted by Crippen LogP contribution is 2.16. The molecule has 0 aliphatic heterocycles. The van der Waals surface area contributed by atoms with Gasteiger partial charge in [-0.05, 0) is 30.7 Å². The van der Waals surface area contributed by atoms with Crippen molar-refractivity contribution >= 4 is 11.6 Å². The van der Waals surface area contributed by atoms with Crippen molar-refractivity contribution in [3.8, 4) is 0 Å². The Bertz CT molecular complexity index is 422. The second-order valence-corrected chi connectivity index (χ2v) is 4.17. The number of H-pyrrole nitrogens is 1. The van der Waals surface area contributed by atoms with Crippen LogP contribution >= 0.6 is 11.6 Å². The zero-order valence-electron chi connectivity index (χ0n) is 9.07. The van der Waals surface area contributed by atoms with Crippen LogP contribution in [-0.4, -0.2) is 10.2 Å². The predicted octanol–water partition coefficient (Wildman–Crippen LogP) is 2.91. The second-order valence-electron chi connectivity index (χ2n) is 3.74. The van der Waals surface area contributed by atoms with E-state index in [2.05, 4.69) is 22.4 Å². The van der Waals surface area contributed by atoms with Crippen molar-refractivity contribution in [3.63, 3.8) is 0 Å². The number of rotatable bonds is 4. The van der Waals surface area contributed by atoms with Gasteiger partial charge >= 0.3 is 0 Å². The summed E-state index contributed by atoms with van der Waals surface area (Å²) in [6.45, 7) is 2.91. The Morgan fingerprint density at radius 1 is 1.31 bits per heavy atom. The van der Waals surface area contributed by atoms with E-state index in [4.69, 9.17) is 11.6 Å². The molecule has 2 rings (SSSR count). The van der Waals surface area contributed by atoms with Gasteiger partial charge in [0.15, 0.2) is 0 Å². The van der Waals surface area contributed by atoms with E-state index in [-0.39, 0.29) is 0 Å². The maximum atomic E-state index is 5.84. The first-order valence-corrected chi connectivity index (χ1v) is 5.60. The summed E-state index contributed by atoms with van der Waals surface area (Å²) in [6.07, 6.45) is 1.75. The van der Waals surface area contributed by atoms with E-state index in [0.717, 1.165) is 17.3 Å². The molecular weight excluding hydrogens is 222 g/mol. The molecule has 1 atom stereocenters. The first kappa shape index (κ1) is 11.2. The van der Waals surface area contributed by atoms with E-state index in [0.29, 0.717) is 6.04 Å². The lowest BCUT2D eigenvalue weighted by Crippen LogP contribution is -2.18. The van der Waals surface area contributed by atoms with Gasteiger partial charge in [0.1, 0.15) is 0 Å². The van der Waals surface area contributed by atoms with Gasteiger partial charge in [-0.25, -0.2) is 0 Å². The third kappa shape index (κ3) is 2.84. The standard InChI is InChI=1S/C12H14ClN3/c1-9(10-2-4-11(13)5-3-10)14-8-12-6-7-15-16-12/h2-7,9,14H,8H2,1H3,(H,15,16)/t9-/m0/s1. The Morgan fingerprint density at radius 3 is 2.69 bits per heavy atom. The summed E-state index contributed by atoms with van der Waals surface area (Å²) in [7, 11) is 0. The van der Waals surface area contributed by atoms with Crippen molar-refractivity contribution in [3.05, 3.63) is 52.8 Å². The fourth-order valence-corrected chi connectivity index (χ4v) is 1.64. The Balaban J connectivity index is 1.93. The highest BCUT2D eigenvalue weighted by Gasteiger charge is 2.04. The highest BCUT2D eigenvalue weighted by atomic mass is 35.5. The molecule has 0 aliphatic carbocycles. The number of aromatic nitrogens is 2. The topological polar surface area (TPSA) is 40.7 Å². The summed E-state index contributed by atoms with van der Waals surface area (Å²) in [5, 5.41) is 11.0. The van der Waals surface area contributed by atoms with Crippen LogP contribution in [0.15, 0.2) is 36.5 Å². The number of hydrogen-bond donors (Lipinski definition) is 2. The van der Waals surface area contributed by atoms with Gasteiger partial charge in [-0.1, -0.05) is 23.7 Å². The minimum absolute atomic E-state index is 0.292. The molecule has 0 unspecified atom stereocenters. The average Bonchev–Trinajstić information content (AvgIpc) is 2.80. The molecule has 0 amide bonds. The summed E-state index contributed by atoms with van der Waals surface area (Å²) in [5.74, 6) is 0. The molecule has 0 fully saturated rings. The van der Waals surface area contributed by atoms with Crippen LogP contribution in [-0.2, 0) is 6.54 Å². The van der Waals surface area contributed by atoms with Crippen molar-refractivity contribution < 1.29 is 0 Å². The van der Waals surface area contributed by atoms with Crippen LogP contribution in [0, 0.1) is 0 Å². The van der Waals surface area contributed by atoms with Crippen LogP contribution in [0.5, 0.6) is 0 Å². The largest absolute Gasteiger partial charge is 0.305 e. The molecule has 1 aromatic heterocycles. The van der Waals surface area contributed by atoms with Crippen LogP contribution in [0.4, 0.5) is 0 Å². The van der Waals surface area contributed by atoms with Gasteiger partial charge in [0.2, 0.25) is 0 Å². The minimum Gasteiger partial charge on any atom is -0.305 e. The second kappa shape index (κ2) is 5.14. The maximum absolute atomic E-state index is 5.84. The van der Waals surface area contributed by atoms with Gasteiger partial charge < -0.3 is 5.32 Å². The maximum Gasteiger partial charge on any atom is 0.0490 e. The number of hydrogen-bond acceptors (Lipinski definition) is 2. The third-order valence-corrected chi connectivity index (χ3v) is 2.78. The molecule has 16 heavy (non-hydrogen) atoms. The van der Waals surface area contributed by atoms with Gasteiger partial charge in [0.05, 0.1) is 0 Å². The number of halogens is 1. The zero-order valence-corrected chi connectivity index (χ0v) is 9.83. The first-order chi connectivity index (χ1) is 7.75. The average molecular weight is 236 g/mol. The van der Waals surface area contributed by atoms with Gasteiger partial charge in [-0.2, -0.15) is 5.10 Å². The van der Waals surface area contributed by atoms with Crippen molar-refractivity contribution in [2.75, 3.05) is 0 Å². The third-order valence-electron chi connectivity index (χ3n) is 2.53. The lowest BCUT2D eigenvalue weighted by Gasteiger charge is -2.13. The summed E-state index contributed by atoms with van der Waals surface area (Å²) in [4.78, 5) is 0. The molecule has 3 nitrogen and oxygen atoms in total. The van der Waals surface area contributed by atoms with Crippen LogP contribution < -0.4 is 5.32 Å². The van der Waals surface area contributed by atoms with Gasteiger partial charge in [0.25, 0.3) is 0 Å². The molecular formula is C12H14ClN3. The minimum atomic E-state index is 0.292. The predicted molar refractivity (Wildman–Crippen MR) is 65.3 cm³/mol. The Labute approximate surface area is 99.8 Å². The Morgan fingerprint density at radius 2 is 2.06 bits per heavy atom. The molecule has 2 aromatic rings. The van der Waals surface area contributed by atoms with E-state index in [1.807, 2.05) is 30.3 Å². The number of benzene rings is 1. The smallest absolute Gasteiger partial charge is 0.0490 e. The van der Waals surface area contributed by atoms with Crippen LogP contribution in [0.1, 0.15) is 24.2 Å². The van der Waals surface area contributed by atoms with E-state index >= 15 is 0 Å². The molecule has 0 saturated carbocycles. The number of aromatic amines is 1. The highest BCUT2D eigenvalue weighted by molar-refractivity contribution is 6.30. The van der Waals surface area contributed by atoms with Crippen molar-refractivity contribution in [1.29, 1.82) is 0 Å². The van der Waals surface area contributed by atoms with Crippen LogP contribution in [0.2, 0.25) is 5.02 Å². The molecule has 2 N–H and O–H groups in total. The molecule has 0 bridgehead atoms. The SMILES string of the molecule is C[C@H](NCc1ccn[nH]1)c1ccc(Cl)cc1. The monoisotopic (exact) mass is 235 g/mol. The van der Waals surface area contributed by atoms with Crippen molar-refractivity contribution in [2.24, 2.45) is 0 Å². The van der Waals surface area contributed by atoms with E-state index in [9.17, 15) is 0 Å². The van der Waals surface area contributed by atoms with Gasteiger partial charge in [-0.3, -0.25) is 5.10 Å². The van der Waals surface area contributed by atoms with Crippen LogP contribution in [0.3, 0.4) is 0 Å². The quantitative estimate of drug-likeness (QED) is 0.856. The van der Waals surface area contributed by atoms with Gasteiger partial charge in [0, 0.05) is 29.5 Å². The molecule has 84 valence electrons. The first-order valence-electron chi connectivity index (χ1n) is 5.23.